The lowest BCUT2D eigenvalue weighted by Gasteiger charge is -2.07. The topological polar surface area (TPSA) is 47.6 Å². The van der Waals surface area contributed by atoms with Gasteiger partial charge in [-0.3, -0.25) is 4.79 Å². The number of hydrogen-bond acceptors (Lipinski definition) is 4. The predicted octanol–water partition coefficient (Wildman–Crippen LogP) is 5.04. The summed E-state index contributed by atoms with van der Waals surface area (Å²) in [7, 11) is 1.61. The average Bonchev–Trinajstić information content (AvgIpc) is 3.12. The summed E-state index contributed by atoms with van der Waals surface area (Å²) in [6.07, 6.45) is 0. The van der Waals surface area contributed by atoms with E-state index < -0.39 is 0 Å². The van der Waals surface area contributed by atoms with Crippen LogP contribution in [0.1, 0.15) is 20.8 Å². The fourth-order valence-corrected chi connectivity index (χ4v) is 3.15. The number of halogens is 1. The number of nitrogens with one attached hydrogen (secondary N) is 1. The van der Waals surface area contributed by atoms with Gasteiger partial charge in [0.2, 0.25) is 0 Å². The Kier molecular flexibility index (Phi) is 5.53. The van der Waals surface area contributed by atoms with Gasteiger partial charge in [0.05, 0.1) is 12.0 Å². The van der Waals surface area contributed by atoms with Crippen LogP contribution >= 0.6 is 11.3 Å². The number of methoxy groups -OCH3 is 1. The SMILES string of the molecule is COc1ccc(OCc2csc(C(=O)Nc3ccc(F)cc3C)c2)cc1. The maximum Gasteiger partial charge on any atom is 0.265 e. The molecule has 4 nitrogen and oxygen atoms in total. The largest absolute Gasteiger partial charge is 0.497 e. The molecule has 1 aromatic heterocycles. The van der Waals surface area contributed by atoms with Crippen LogP contribution in [0.4, 0.5) is 10.1 Å². The van der Waals surface area contributed by atoms with Crippen LogP contribution in [0.3, 0.4) is 0 Å². The number of hydrogen-bond donors (Lipinski definition) is 1. The number of benzene rings is 2. The number of ether oxygens (including phenoxy) is 2. The number of amides is 1. The second-order valence-electron chi connectivity index (χ2n) is 5.70. The molecule has 1 heterocycles. The number of aryl methyl sites for hydroxylation is 1. The van der Waals surface area contributed by atoms with Crippen molar-refractivity contribution in [3.05, 3.63) is 75.7 Å². The standard InChI is InChI=1S/C20H18FNO3S/c1-13-9-15(21)3-8-18(13)22-20(23)19-10-14(12-26-19)11-25-17-6-4-16(24-2)5-7-17/h3-10,12H,11H2,1-2H3,(H,22,23). The van der Waals surface area contributed by atoms with E-state index in [0.717, 1.165) is 17.1 Å². The summed E-state index contributed by atoms with van der Waals surface area (Å²) in [5.41, 5.74) is 2.19. The van der Waals surface area contributed by atoms with Crippen LogP contribution in [0.25, 0.3) is 0 Å². The van der Waals surface area contributed by atoms with E-state index in [2.05, 4.69) is 5.32 Å². The third kappa shape index (κ3) is 4.40. The van der Waals surface area contributed by atoms with Gasteiger partial charge < -0.3 is 14.8 Å². The van der Waals surface area contributed by atoms with Crippen LogP contribution in [0.2, 0.25) is 0 Å². The summed E-state index contributed by atoms with van der Waals surface area (Å²) >= 11 is 1.34. The highest BCUT2D eigenvalue weighted by Crippen LogP contribution is 2.22. The lowest BCUT2D eigenvalue weighted by atomic mass is 10.2. The Bertz CT molecular complexity index is 906. The molecular weight excluding hydrogens is 353 g/mol. The summed E-state index contributed by atoms with van der Waals surface area (Å²) in [5, 5.41) is 4.69. The first-order chi connectivity index (χ1) is 12.5. The molecule has 0 fully saturated rings. The van der Waals surface area contributed by atoms with Gasteiger partial charge in [-0.15, -0.1) is 11.3 Å². The van der Waals surface area contributed by atoms with Gasteiger partial charge in [-0.25, -0.2) is 4.39 Å². The van der Waals surface area contributed by atoms with E-state index in [9.17, 15) is 9.18 Å². The molecule has 1 amide bonds. The molecule has 26 heavy (non-hydrogen) atoms. The van der Waals surface area contributed by atoms with E-state index in [-0.39, 0.29) is 11.7 Å². The molecule has 3 aromatic rings. The van der Waals surface area contributed by atoms with Crippen molar-refractivity contribution < 1.29 is 18.7 Å². The van der Waals surface area contributed by atoms with Gasteiger partial charge in [0.25, 0.3) is 5.91 Å². The van der Waals surface area contributed by atoms with Crippen LogP contribution in [-0.4, -0.2) is 13.0 Å². The van der Waals surface area contributed by atoms with Crippen LogP contribution in [0.5, 0.6) is 11.5 Å². The van der Waals surface area contributed by atoms with Crippen molar-refractivity contribution in [1.29, 1.82) is 0 Å². The van der Waals surface area contributed by atoms with E-state index >= 15 is 0 Å². The minimum Gasteiger partial charge on any atom is -0.497 e. The zero-order valence-corrected chi connectivity index (χ0v) is 15.2. The fraction of sp³-hybridized carbons (Fsp3) is 0.150. The van der Waals surface area contributed by atoms with Gasteiger partial charge in [-0.1, -0.05) is 0 Å². The number of thiophene rings is 1. The van der Waals surface area contributed by atoms with Crippen molar-refractivity contribution in [3.8, 4) is 11.5 Å². The average molecular weight is 371 g/mol. The summed E-state index contributed by atoms with van der Waals surface area (Å²) in [4.78, 5) is 12.9. The molecule has 0 atom stereocenters. The van der Waals surface area contributed by atoms with Crippen molar-refractivity contribution in [2.45, 2.75) is 13.5 Å². The molecule has 0 bridgehead atoms. The first-order valence-electron chi connectivity index (χ1n) is 7.97. The molecule has 0 aliphatic carbocycles. The lowest BCUT2D eigenvalue weighted by Crippen LogP contribution is -2.11. The number of rotatable bonds is 6. The Hall–Kier alpha value is -2.86. The van der Waals surface area contributed by atoms with Crippen LogP contribution in [0, 0.1) is 12.7 Å². The Morgan fingerprint density at radius 3 is 2.54 bits per heavy atom. The molecule has 0 saturated carbocycles. The van der Waals surface area contributed by atoms with Gasteiger partial charge in [0.1, 0.15) is 23.9 Å². The minimum absolute atomic E-state index is 0.222. The molecule has 0 saturated heterocycles. The monoisotopic (exact) mass is 371 g/mol. The van der Waals surface area contributed by atoms with E-state index in [4.69, 9.17) is 9.47 Å². The van der Waals surface area contributed by atoms with Crippen molar-refractivity contribution in [2.24, 2.45) is 0 Å². The zero-order chi connectivity index (χ0) is 18.5. The first-order valence-corrected chi connectivity index (χ1v) is 8.85. The molecule has 0 spiro atoms. The molecule has 1 N–H and O–H groups in total. The number of carbonyl (C=O) groups excluding carboxylic acids is 1. The highest BCUT2D eigenvalue weighted by atomic mass is 32.1. The third-order valence-electron chi connectivity index (χ3n) is 3.78. The summed E-state index contributed by atoms with van der Waals surface area (Å²) in [6.45, 7) is 2.12. The molecule has 0 radical (unpaired) electrons. The molecule has 2 aromatic carbocycles. The number of carbonyl (C=O) groups is 1. The Morgan fingerprint density at radius 1 is 1.12 bits per heavy atom. The van der Waals surface area contributed by atoms with Crippen LogP contribution in [-0.2, 0) is 6.61 Å². The normalized spacial score (nSPS) is 10.4. The molecule has 0 unspecified atom stereocenters. The zero-order valence-electron chi connectivity index (χ0n) is 14.4. The van der Waals surface area contributed by atoms with Gasteiger partial charge in [0, 0.05) is 11.3 Å². The molecular formula is C20H18FNO3S. The maximum absolute atomic E-state index is 13.1. The lowest BCUT2D eigenvalue weighted by molar-refractivity contribution is 0.103. The minimum atomic E-state index is -0.324. The third-order valence-corrected chi connectivity index (χ3v) is 4.76. The second-order valence-corrected chi connectivity index (χ2v) is 6.61. The van der Waals surface area contributed by atoms with E-state index in [0.29, 0.717) is 22.7 Å². The fourth-order valence-electron chi connectivity index (χ4n) is 2.36. The highest BCUT2D eigenvalue weighted by Gasteiger charge is 2.11. The van der Waals surface area contributed by atoms with Crippen molar-refractivity contribution in [3.63, 3.8) is 0 Å². The van der Waals surface area contributed by atoms with Crippen LogP contribution in [0.15, 0.2) is 53.9 Å². The van der Waals surface area contributed by atoms with E-state index in [1.807, 2.05) is 29.6 Å². The Morgan fingerprint density at radius 2 is 1.85 bits per heavy atom. The van der Waals surface area contributed by atoms with Crippen LogP contribution < -0.4 is 14.8 Å². The highest BCUT2D eigenvalue weighted by molar-refractivity contribution is 7.12. The summed E-state index contributed by atoms with van der Waals surface area (Å²) in [5.74, 6) is 0.947. The molecule has 134 valence electrons. The maximum atomic E-state index is 13.1. The Labute approximate surface area is 155 Å². The quantitative estimate of drug-likeness (QED) is 0.661. The van der Waals surface area contributed by atoms with Gasteiger partial charge in [-0.2, -0.15) is 0 Å². The first kappa shape index (κ1) is 17.9. The molecule has 3 rings (SSSR count). The van der Waals surface area contributed by atoms with E-state index in [1.165, 1.54) is 23.5 Å². The predicted molar refractivity (Wildman–Crippen MR) is 101 cm³/mol. The van der Waals surface area contributed by atoms with Crippen molar-refractivity contribution in [1.82, 2.24) is 0 Å². The number of anilines is 1. The summed E-state index contributed by atoms with van der Waals surface area (Å²) < 4.78 is 24.0. The summed E-state index contributed by atoms with van der Waals surface area (Å²) in [6, 6.07) is 13.4. The molecule has 6 heteroatoms. The molecule has 0 aliphatic rings. The van der Waals surface area contributed by atoms with Crippen molar-refractivity contribution >= 4 is 22.9 Å². The molecule has 0 aliphatic heterocycles. The smallest absolute Gasteiger partial charge is 0.265 e. The van der Waals surface area contributed by atoms with Gasteiger partial charge >= 0.3 is 0 Å². The van der Waals surface area contributed by atoms with Gasteiger partial charge in [0.15, 0.2) is 0 Å². The second kappa shape index (κ2) is 8.01. The Balaban J connectivity index is 1.60. The van der Waals surface area contributed by atoms with Gasteiger partial charge in [-0.05, 0) is 66.4 Å². The van der Waals surface area contributed by atoms with E-state index in [1.54, 1.807) is 26.2 Å². The van der Waals surface area contributed by atoms with Crippen molar-refractivity contribution in [2.75, 3.05) is 12.4 Å².